The summed E-state index contributed by atoms with van der Waals surface area (Å²) in [6, 6.07) is 5.47. The van der Waals surface area contributed by atoms with Crippen molar-refractivity contribution in [1.29, 1.82) is 0 Å². The summed E-state index contributed by atoms with van der Waals surface area (Å²) >= 11 is 0. The number of hydrogen-bond acceptors (Lipinski definition) is 4. The number of phenolic OH excluding ortho intramolecular Hbond substituents is 1. The molecule has 0 aliphatic carbocycles. The van der Waals surface area contributed by atoms with Crippen LogP contribution in [0.15, 0.2) is 18.2 Å². The molecule has 2 rings (SSSR count). The standard InChI is InChI=1S/C11H14N4O/c1-7-4-5-8(6-9(7)16)10-13-14-11(12-2)15(10)3/h4-6,16H,1-3H3,(H,12,14). The van der Waals surface area contributed by atoms with Crippen molar-refractivity contribution in [2.75, 3.05) is 12.4 Å². The van der Waals surface area contributed by atoms with Crippen molar-refractivity contribution in [2.24, 2.45) is 7.05 Å². The molecule has 0 aliphatic rings. The molecule has 84 valence electrons. The third kappa shape index (κ3) is 1.60. The van der Waals surface area contributed by atoms with Gasteiger partial charge in [-0.05, 0) is 18.6 Å². The lowest BCUT2D eigenvalue weighted by Crippen LogP contribution is -1.99. The van der Waals surface area contributed by atoms with Gasteiger partial charge in [0.2, 0.25) is 5.95 Å². The SMILES string of the molecule is CNc1nnc(-c2ccc(C)c(O)c2)n1C. The van der Waals surface area contributed by atoms with Crippen LogP contribution in [0.25, 0.3) is 11.4 Å². The maximum atomic E-state index is 9.64. The van der Waals surface area contributed by atoms with Crippen LogP contribution >= 0.6 is 0 Å². The zero-order valence-corrected chi connectivity index (χ0v) is 9.52. The molecule has 1 aromatic heterocycles. The minimum atomic E-state index is 0.270. The van der Waals surface area contributed by atoms with Crippen molar-refractivity contribution in [3.05, 3.63) is 23.8 Å². The van der Waals surface area contributed by atoms with Gasteiger partial charge in [-0.2, -0.15) is 0 Å². The van der Waals surface area contributed by atoms with Crippen molar-refractivity contribution in [3.63, 3.8) is 0 Å². The van der Waals surface area contributed by atoms with Gasteiger partial charge in [-0.1, -0.05) is 12.1 Å². The summed E-state index contributed by atoms with van der Waals surface area (Å²) < 4.78 is 1.84. The summed E-state index contributed by atoms with van der Waals surface area (Å²) in [5.74, 6) is 1.68. The lowest BCUT2D eigenvalue weighted by atomic mass is 10.1. The number of nitrogens with zero attached hydrogens (tertiary/aromatic N) is 3. The molecule has 5 nitrogen and oxygen atoms in total. The zero-order chi connectivity index (χ0) is 11.7. The Balaban J connectivity index is 2.50. The fraction of sp³-hybridized carbons (Fsp3) is 0.273. The Kier molecular flexibility index (Phi) is 2.52. The van der Waals surface area contributed by atoms with E-state index in [0.29, 0.717) is 5.95 Å². The van der Waals surface area contributed by atoms with Gasteiger partial charge in [0.15, 0.2) is 5.82 Å². The Hall–Kier alpha value is -2.04. The van der Waals surface area contributed by atoms with Gasteiger partial charge in [0.1, 0.15) is 5.75 Å². The van der Waals surface area contributed by atoms with Crippen LogP contribution in [0.2, 0.25) is 0 Å². The van der Waals surface area contributed by atoms with E-state index in [1.54, 1.807) is 13.1 Å². The number of rotatable bonds is 2. The molecule has 0 unspecified atom stereocenters. The van der Waals surface area contributed by atoms with Crippen LogP contribution in [-0.2, 0) is 7.05 Å². The number of hydrogen-bond donors (Lipinski definition) is 2. The first kappa shape index (κ1) is 10.5. The summed E-state index contributed by atoms with van der Waals surface area (Å²) in [6.07, 6.45) is 0. The molecule has 16 heavy (non-hydrogen) atoms. The summed E-state index contributed by atoms with van der Waals surface area (Å²) in [5.41, 5.74) is 1.69. The van der Waals surface area contributed by atoms with Gasteiger partial charge in [-0.15, -0.1) is 10.2 Å². The topological polar surface area (TPSA) is 63.0 Å². The normalized spacial score (nSPS) is 10.4. The van der Waals surface area contributed by atoms with Crippen LogP contribution in [0.4, 0.5) is 5.95 Å². The molecule has 0 amide bonds. The van der Waals surface area contributed by atoms with Crippen molar-refractivity contribution in [3.8, 4) is 17.1 Å². The number of aromatic nitrogens is 3. The highest BCUT2D eigenvalue weighted by Crippen LogP contribution is 2.25. The number of anilines is 1. The Morgan fingerprint density at radius 2 is 2.06 bits per heavy atom. The first-order valence-electron chi connectivity index (χ1n) is 5.00. The van der Waals surface area contributed by atoms with E-state index >= 15 is 0 Å². The maximum absolute atomic E-state index is 9.64. The van der Waals surface area contributed by atoms with Crippen LogP contribution in [0.1, 0.15) is 5.56 Å². The van der Waals surface area contributed by atoms with Gasteiger partial charge in [0.05, 0.1) is 0 Å². The summed E-state index contributed by atoms with van der Waals surface area (Å²) in [5, 5.41) is 20.6. The van der Waals surface area contributed by atoms with E-state index in [2.05, 4.69) is 15.5 Å². The van der Waals surface area contributed by atoms with Crippen LogP contribution in [0.3, 0.4) is 0 Å². The molecule has 0 aliphatic heterocycles. The summed E-state index contributed by atoms with van der Waals surface area (Å²) in [4.78, 5) is 0. The number of aromatic hydroxyl groups is 1. The molecular formula is C11H14N4O. The lowest BCUT2D eigenvalue weighted by molar-refractivity contribution is 0.471. The van der Waals surface area contributed by atoms with Gasteiger partial charge < -0.3 is 10.4 Å². The Bertz CT molecular complexity index is 519. The number of benzene rings is 1. The number of aryl methyl sites for hydroxylation is 1. The van der Waals surface area contributed by atoms with Gasteiger partial charge in [0, 0.05) is 19.7 Å². The first-order chi connectivity index (χ1) is 7.63. The molecule has 0 spiro atoms. The van der Waals surface area contributed by atoms with Crippen molar-refractivity contribution >= 4 is 5.95 Å². The largest absolute Gasteiger partial charge is 0.508 e. The third-order valence-corrected chi connectivity index (χ3v) is 2.57. The molecule has 2 aromatic rings. The first-order valence-corrected chi connectivity index (χ1v) is 5.00. The lowest BCUT2D eigenvalue weighted by Gasteiger charge is -2.04. The highest BCUT2D eigenvalue weighted by Gasteiger charge is 2.10. The number of nitrogens with one attached hydrogen (secondary N) is 1. The average molecular weight is 218 g/mol. The van der Waals surface area contributed by atoms with Crippen molar-refractivity contribution in [1.82, 2.24) is 14.8 Å². The van der Waals surface area contributed by atoms with Gasteiger partial charge in [0.25, 0.3) is 0 Å². The zero-order valence-electron chi connectivity index (χ0n) is 9.52. The molecule has 0 atom stereocenters. The quantitative estimate of drug-likeness (QED) is 0.802. The van der Waals surface area contributed by atoms with Crippen molar-refractivity contribution < 1.29 is 5.11 Å². The molecule has 2 N–H and O–H groups in total. The van der Waals surface area contributed by atoms with E-state index in [1.165, 1.54) is 0 Å². The Morgan fingerprint density at radius 1 is 1.31 bits per heavy atom. The predicted octanol–water partition coefficient (Wildman–Crippen LogP) is 1.54. The molecule has 5 heteroatoms. The highest BCUT2D eigenvalue weighted by atomic mass is 16.3. The fourth-order valence-electron chi connectivity index (χ4n) is 1.55. The smallest absolute Gasteiger partial charge is 0.224 e. The van der Waals surface area contributed by atoms with E-state index in [1.807, 2.05) is 30.7 Å². The van der Waals surface area contributed by atoms with E-state index in [-0.39, 0.29) is 5.75 Å². The molecule has 0 saturated heterocycles. The van der Waals surface area contributed by atoms with Gasteiger partial charge in [-0.25, -0.2) is 0 Å². The van der Waals surface area contributed by atoms with Crippen LogP contribution in [-0.4, -0.2) is 26.9 Å². The van der Waals surface area contributed by atoms with E-state index in [9.17, 15) is 5.11 Å². The second kappa shape index (κ2) is 3.84. The molecule has 1 aromatic carbocycles. The van der Waals surface area contributed by atoms with Crippen LogP contribution < -0.4 is 5.32 Å². The number of phenols is 1. The molecule has 0 bridgehead atoms. The minimum absolute atomic E-state index is 0.270. The predicted molar refractivity (Wildman–Crippen MR) is 62.4 cm³/mol. The summed E-state index contributed by atoms with van der Waals surface area (Å²) in [6.45, 7) is 1.86. The Morgan fingerprint density at radius 3 is 2.62 bits per heavy atom. The molecule has 0 saturated carbocycles. The molecule has 0 fully saturated rings. The van der Waals surface area contributed by atoms with Gasteiger partial charge >= 0.3 is 0 Å². The second-order valence-corrected chi connectivity index (χ2v) is 3.66. The van der Waals surface area contributed by atoms with Crippen molar-refractivity contribution in [2.45, 2.75) is 6.92 Å². The second-order valence-electron chi connectivity index (χ2n) is 3.66. The highest BCUT2D eigenvalue weighted by molar-refractivity contribution is 5.60. The monoisotopic (exact) mass is 218 g/mol. The summed E-state index contributed by atoms with van der Waals surface area (Å²) in [7, 11) is 3.67. The molecule has 0 radical (unpaired) electrons. The minimum Gasteiger partial charge on any atom is -0.508 e. The van der Waals surface area contributed by atoms with E-state index in [0.717, 1.165) is 17.0 Å². The Labute approximate surface area is 93.8 Å². The van der Waals surface area contributed by atoms with Crippen LogP contribution in [0.5, 0.6) is 5.75 Å². The third-order valence-electron chi connectivity index (χ3n) is 2.57. The maximum Gasteiger partial charge on any atom is 0.224 e. The van der Waals surface area contributed by atoms with E-state index < -0.39 is 0 Å². The van der Waals surface area contributed by atoms with E-state index in [4.69, 9.17) is 0 Å². The van der Waals surface area contributed by atoms with Crippen LogP contribution in [0, 0.1) is 6.92 Å². The van der Waals surface area contributed by atoms with Gasteiger partial charge in [-0.3, -0.25) is 4.57 Å². The fourth-order valence-corrected chi connectivity index (χ4v) is 1.55. The average Bonchev–Trinajstić information content (AvgIpc) is 2.64. The molecular weight excluding hydrogens is 204 g/mol. The molecule has 1 heterocycles.